The minimum atomic E-state index is -2.09. The quantitative estimate of drug-likeness (QED) is 0.372. The van der Waals surface area contributed by atoms with Crippen LogP contribution < -0.4 is 9.64 Å². The molecule has 3 aromatic carbocycles. The number of carbonyl (C=O) groups is 4. The fourth-order valence-corrected chi connectivity index (χ4v) is 6.00. The van der Waals surface area contributed by atoms with Crippen molar-refractivity contribution in [2.24, 2.45) is 11.8 Å². The van der Waals surface area contributed by atoms with Gasteiger partial charge in [-0.2, -0.15) is 0 Å². The van der Waals surface area contributed by atoms with Crippen molar-refractivity contribution in [2.75, 3.05) is 12.0 Å². The van der Waals surface area contributed by atoms with Crippen LogP contribution in [0.5, 0.6) is 5.75 Å². The van der Waals surface area contributed by atoms with Crippen molar-refractivity contribution < 1.29 is 28.7 Å². The second-order valence-corrected chi connectivity index (χ2v) is 9.57. The Morgan fingerprint density at radius 2 is 1.43 bits per heavy atom. The molecule has 174 valence electrons. The summed E-state index contributed by atoms with van der Waals surface area (Å²) in [7, 11) is 1.52. The lowest BCUT2D eigenvalue weighted by Crippen LogP contribution is -2.51. The van der Waals surface area contributed by atoms with E-state index < -0.39 is 46.9 Å². The number of halogens is 1. The van der Waals surface area contributed by atoms with E-state index in [-0.39, 0.29) is 11.1 Å². The molecule has 2 amide bonds. The van der Waals surface area contributed by atoms with Crippen molar-refractivity contribution in [2.45, 2.75) is 11.7 Å². The van der Waals surface area contributed by atoms with Crippen molar-refractivity contribution in [3.05, 3.63) is 94.0 Å². The lowest BCUT2D eigenvalue weighted by Gasteiger charge is -2.27. The van der Waals surface area contributed by atoms with Gasteiger partial charge in [0.1, 0.15) is 5.75 Å². The van der Waals surface area contributed by atoms with Gasteiger partial charge in [0.15, 0.2) is 0 Å². The molecular weight excluding hydrogens is 514 g/mol. The Morgan fingerprint density at radius 1 is 0.829 bits per heavy atom. The van der Waals surface area contributed by atoms with E-state index in [2.05, 4.69) is 15.9 Å². The molecule has 6 rings (SSSR count). The van der Waals surface area contributed by atoms with Crippen LogP contribution in [-0.4, -0.2) is 36.1 Å². The van der Waals surface area contributed by atoms with Gasteiger partial charge in [0.2, 0.25) is 29.0 Å². The van der Waals surface area contributed by atoms with Crippen LogP contribution in [0.15, 0.2) is 77.3 Å². The van der Waals surface area contributed by atoms with Crippen LogP contribution in [0.25, 0.3) is 0 Å². The van der Waals surface area contributed by atoms with E-state index in [1.807, 2.05) is 6.07 Å². The zero-order chi connectivity index (χ0) is 24.5. The van der Waals surface area contributed by atoms with Crippen LogP contribution in [0.4, 0.5) is 5.69 Å². The number of rotatable bonds is 3. The summed E-state index contributed by atoms with van der Waals surface area (Å²) in [6, 6.07) is 20.0. The van der Waals surface area contributed by atoms with E-state index >= 15 is 0 Å². The monoisotopic (exact) mass is 531 g/mol. The van der Waals surface area contributed by atoms with Gasteiger partial charge in [-0.05, 0) is 35.9 Å². The summed E-state index contributed by atoms with van der Waals surface area (Å²) < 4.78 is 12.1. The van der Waals surface area contributed by atoms with Gasteiger partial charge in [-0.3, -0.25) is 19.2 Å². The van der Waals surface area contributed by atoms with Gasteiger partial charge in [0, 0.05) is 15.6 Å². The SMILES string of the molecule is COc1ccc(N2C(=O)[C@H]3[C@@H](C2=O)C2(O[C@H]3c3ccccc3Br)C(=O)c3ccccc3C2=O)cc1. The lowest BCUT2D eigenvalue weighted by atomic mass is 9.77. The fourth-order valence-electron chi connectivity index (χ4n) is 5.49. The molecule has 0 saturated carbocycles. The minimum absolute atomic E-state index is 0.201. The number of ketones is 2. The number of ether oxygens (including phenoxy) is 2. The largest absolute Gasteiger partial charge is 0.497 e. The Bertz CT molecular complexity index is 1400. The van der Waals surface area contributed by atoms with E-state index in [4.69, 9.17) is 9.47 Å². The third-order valence-corrected chi connectivity index (χ3v) is 7.78. The van der Waals surface area contributed by atoms with E-state index in [0.29, 0.717) is 21.5 Å². The molecule has 1 aliphatic carbocycles. The summed E-state index contributed by atoms with van der Waals surface area (Å²) in [5.74, 6) is -4.09. The molecule has 3 atom stereocenters. The fraction of sp³-hybridized carbons (Fsp3) is 0.185. The first-order chi connectivity index (χ1) is 16.9. The first-order valence-corrected chi connectivity index (χ1v) is 11.8. The van der Waals surface area contributed by atoms with Crippen molar-refractivity contribution >= 4 is 45.0 Å². The molecule has 2 saturated heterocycles. The van der Waals surface area contributed by atoms with E-state index in [1.165, 1.54) is 7.11 Å². The van der Waals surface area contributed by atoms with Crippen molar-refractivity contribution in [1.29, 1.82) is 0 Å². The smallest absolute Gasteiger partial charge is 0.241 e. The third kappa shape index (κ3) is 2.81. The van der Waals surface area contributed by atoms with Gasteiger partial charge in [0.05, 0.1) is 30.7 Å². The molecule has 3 aliphatic rings. The van der Waals surface area contributed by atoms with E-state index in [0.717, 1.165) is 4.90 Å². The molecule has 0 bridgehead atoms. The summed E-state index contributed by atoms with van der Waals surface area (Å²) >= 11 is 3.50. The molecule has 7 nitrogen and oxygen atoms in total. The Labute approximate surface area is 208 Å². The third-order valence-electron chi connectivity index (χ3n) is 7.06. The Kier molecular flexibility index (Phi) is 4.81. The number of nitrogens with zero attached hydrogens (tertiary/aromatic N) is 1. The van der Waals surface area contributed by atoms with Crippen molar-refractivity contribution in [3.63, 3.8) is 0 Å². The normalized spacial score (nSPS) is 24.3. The summed E-state index contributed by atoms with van der Waals surface area (Å²) in [5, 5.41) is 0. The summed E-state index contributed by atoms with van der Waals surface area (Å²) in [5.41, 5.74) is -0.762. The maximum absolute atomic E-state index is 13.9. The molecule has 2 heterocycles. The molecule has 2 aliphatic heterocycles. The predicted octanol–water partition coefficient (Wildman–Crippen LogP) is 4.15. The highest BCUT2D eigenvalue weighted by Crippen LogP contribution is 2.58. The topological polar surface area (TPSA) is 90.0 Å². The van der Waals surface area contributed by atoms with Crippen molar-refractivity contribution in [3.8, 4) is 5.75 Å². The molecule has 3 aromatic rings. The van der Waals surface area contributed by atoms with E-state index in [1.54, 1.807) is 66.7 Å². The zero-order valence-electron chi connectivity index (χ0n) is 18.4. The summed E-state index contributed by atoms with van der Waals surface area (Å²) in [6.07, 6.45) is -0.975. The number of fused-ring (bicyclic) bond motifs is 3. The van der Waals surface area contributed by atoms with Crippen LogP contribution in [0.3, 0.4) is 0 Å². The van der Waals surface area contributed by atoms with Gasteiger partial charge in [-0.1, -0.05) is 58.4 Å². The molecule has 2 fully saturated rings. The molecular formula is C27H18BrNO6. The van der Waals surface area contributed by atoms with E-state index in [9.17, 15) is 19.2 Å². The zero-order valence-corrected chi connectivity index (χ0v) is 20.0. The number of Topliss-reactive ketones (excluding diaryl/α,β-unsaturated/α-hetero) is 2. The molecule has 0 unspecified atom stereocenters. The van der Waals surface area contributed by atoms with Gasteiger partial charge >= 0.3 is 0 Å². The first kappa shape index (κ1) is 21.9. The second-order valence-electron chi connectivity index (χ2n) is 8.71. The molecule has 0 radical (unpaired) electrons. The average Bonchev–Trinajstić information content (AvgIpc) is 3.44. The lowest BCUT2D eigenvalue weighted by molar-refractivity contribution is -0.127. The highest BCUT2D eigenvalue weighted by molar-refractivity contribution is 9.10. The Hall–Kier alpha value is -3.62. The number of hydrogen-bond acceptors (Lipinski definition) is 6. The molecule has 0 N–H and O–H groups in total. The number of carbonyl (C=O) groups excluding carboxylic acids is 4. The predicted molar refractivity (Wildman–Crippen MR) is 128 cm³/mol. The number of imide groups is 1. The van der Waals surface area contributed by atoms with Crippen LogP contribution in [-0.2, 0) is 14.3 Å². The standard InChI is InChI=1S/C27H18BrNO6/c1-34-15-12-10-14(11-13-15)29-25(32)20-21(26(29)33)27(35-22(20)18-8-4-5-9-19(18)28)23(30)16-6-2-3-7-17(16)24(27)31/h2-13,20-22H,1H3/t20-,21-,22-/m0/s1. The summed E-state index contributed by atoms with van der Waals surface area (Å²) in [4.78, 5) is 56.3. The molecule has 8 heteroatoms. The first-order valence-electron chi connectivity index (χ1n) is 11.0. The Balaban J connectivity index is 1.54. The molecule has 0 aromatic heterocycles. The second kappa shape index (κ2) is 7.69. The maximum atomic E-state index is 13.9. The number of amides is 2. The number of hydrogen-bond donors (Lipinski definition) is 0. The summed E-state index contributed by atoms with van der Waals surface area (Å²) in [6.45, 7) is 0. The number of benzene rings is 3. The molecule has 35 heavy (non-hydrogen) atoms. The van der Waals surface area contributed by atoms with Gasteiger partial charge in [-0.15, -0.1) is 0 Å². The number of anilines is 1. The van der Waals surface area contributed by atoms with Gasteiger partial charge in [-0.25, -0.2) is 4.90 Å². The van der Waals surface area contributed by atoms with Crippen LogP contribution in [0.2, 0.25) is 0 Å². The van der Waals surface area contributed by atoms with Gasteiger partial charge in [0.25, 0.3) is 0 Å². The Morgan fingerprint density at radius 3 is 2.03 bits per heavy atom. The molecule has 1 spiro atoms. The van der Waals surface area contributed by atoms with Crippen molar-refractivity contribution in [1.82, 2.24) is 0 Å². The van der Waals surface area contributed by atoms with Crippen LogP contribution in [0, 0.1) is 11.8 Å². The number of methoxy groups -OCH3 is 1. The minimum Gasteiger partial charge on any atom is -0.497 e. The average molecular weight is 532 g/mol. The van der Waals surface area contributed by atoms with Crippen LogP contribution in [0.1, 0.15) is 32.4 Å². The van der Waals surface area contributed by atoms with Crippen LogP contribution >= 0.6 is 15.9 Å². The highest BCUT2D eigenvalue weighted by Gasteiger charge is 2.74. The highest BCUT2D eigenvalue weighted by atomic mass is 79.9. The van der Waals surface area contributed by atoms with Gasteiger partial charge < -0.3 is 9.47 Å². The maximum Gasteiger partial charge on any atom is 0.241 e.